The Morgan fingerprint density at radius 3 is 2.49 bits per heavy atom. The summed E-state index contributed by atoms with van der Waals surface area (Å²) >= 11 is 0. The topological polar surface area (TPSA) is 78.9 Å². The number of hydrogen-bond donors (Lipinski definition) is 1. The first-order chi connectivity index (χ1) is 18.7. The minimum Gasteiger partial charge on any atom is -0.493 e. The highest BCUT2D eigenvalue weighted by Crippen LogP contribution is 2.48. The molecule has 2 aromatic carbocycles. The van der Waals surface area contributed by atoms with Gasteiger partial charge in [0.05, 0.1) is 18.9 Å². The zero-order valence-corrected chi connectivity index (χ0v) is 21.2. The Hall–Kier alpha value is -3.86. The Morgan fingerprint density at radius 2 is 1.85 bits per heavy atom. The lowest BCUT2D eigenvalue weighted by Crippen LogP contribution is -2.29. The maximum Gasteiger partial charge on any atom is 0.399 e. The van der Waals surface area contributed by atoms with Gasteiger partial charge in [0.2, 0.25) is 0 Å². The highest BCUT2D eigenvalue weighted by molar-refractivity contribution is 5.94. The van der Waals surface area contributed by atoms with Crippen molar-refractivity contribution in [1.82, 2.24) is 10.3 Å². The van der Waals surface area contributed by atoms with E-state index < -0.39 is 36.5 Å². The molecule has 2 heterocycles. The smallest absolute Gasteiger partial charge is 0.399 e. The minimum atomic E-state index is -4.55. The van der Waals surface area contributed by atoms with E-state index in [-0.39, 0.29) is 35.3 Å². The van der Waals surface area contributed by atoms with Crippen LogP contribution in [-0.2, 0) is 4.74 Å². The van der Waals surface area contributed by atoms with Gasteiger partial charge < -0.3 is 24.3 Å². The third kappa shape index (κ3) is 5.78. The van der Waals surface area contributed by atoms with Crippen molar-refractivity contribution in [3.8, 4) is 28.5 Å². The number of hydrogen-bond acceptors (Lipinski definition) is 6. The van der Waals surface area contributed by atoms with E-state index in [1.54, 1.807) is 18.2 Å². The molecule has 1 aromatic heterocycles. The Bertz CT molecular complexity index is 1360. The number of nitrogens with one attached hydrogen (secondary N) is 1. The van der Waals surface area contributed by atoms with Gasteiger partial charge in [-0.1, -0.05) is 0 Å². The van der Waals surface area contributed by atoms with Crippen LogP contribution in [0.15, 0.2) is 48.5 Å². The van der Waals surface area contributed by atoms with E-state index >= 15 is 0 Å². The molecule has 39 heavy (non-hydrogen) atoms. The van der Waals surface area contributed by atoms with Gasteiger partial charge in [0.15, 0.2) is 11.5 Å². The van der Waals surface area contributed by atoms with Crippen molar-refractivity contribution in [2.45, 2.75) is 37.1 Å². The Morgan fingerprint density at radius 1 is 1.10 bits per heavy atom. The molecule has 0 radical (unpaired) electrons. The Labute approximate surface area is 222 Å². The third-order valence-corrected chi connectivity index (χ3v) is 6.61. The van der Waals surface area contributed by atoms with Crippen LogP contribution in [0.2, 0.25) is 0 Å². The van der Waals surface area contributed by atoms with Gasteiger partial charge in [0.1, 0.15) is 35.9 Å². The van der Waals surface area contributed by atoms with Crippen molar-refractivity contribution in [3.63, 3.8) is 0 Å². The molecule has 0 bridgehead atoms. The van der Waals surface area contributed by atoms with Crippen LogP contribution in [0, 0.1) is 5.82 Å². The molecule has 0 unspecified atom stereocenters. The maximum absolute atomic E-state index is 13.8. The van der Waals surface area contributed by atoms with Gasteiger partial charge in [0, 0.05) is 30.3 Å². The van der Waals surface area contributed by atoms with Gasteiger partial charge in [-0.2, -0.15) is 13.2 Å². The van der Waals surface area contributed by atoms with Crippen LogP contribution in [0.4, 0.5) is 17.6 Å². The van der Waals surface area contributed by atoms with Crippen molar-refractivity contribution in [1.29, 1.82) is 0 Å². The van der Waals surface area contributed by atoms with Crippen molar-refractivity contribution in [2.24, 2.45) is 0 Å². The molecule has 0 saturated heterocycles. The molecular formula is C28H26F4N2O5. The zero-order valence-electron chi connectivity index (χ0n) is 21.2. The highest BCUT2D eigenvalue weighted by Gasteiger charge is 2.47. The molecule has 7 nitrogen and oxygen atoms in total. The third-order valence-electron chi connectivity index (χ3n) is 6.61. The summed E-state index contributed by atoms with van der Waals surface area (Å²) in [7, 11) is 2.85. The fourth-order valence-electron chi connectivity index (χ4n) is 4.35. The van der Waals surface area contributed by atoms with Gasteiger partial charge in [-0.25, -0.2) is 9.37 Å². The molecule has 11 heteroatoms. The molecule has 1 saturated carbocycles. The van der Waals surface area contributed by atoms with E-state index in [0.717, 1.165) is 12.8 Å². The van der Waals surface area contributed by atoms with Crippen molar-refractivity contribution < 1.29 is 41.3 Å². The van der Waals surface area contributed by atoms with Crippen LogP contribution in [0.3, 0.4) is 0 Å². The lowest BCUT2D eigenvalue weighted by atomic mass is 9.97. The van der Waals surface area contributed by atoms with Crippen LogP contribution in [0.1, 0.15) is 46.5 Å². The number of nitrogens with zero attached hydrogens (tertiary/aromatic N) is 1. The quantitative estimate of drug-likeness (QED) is 0.353. The molecule has 1 aliphatic carbocycles. The lowest BCUT2D eigenvalue weighted by Gasteiger charge is -2.20. The molecule has 1 fully saturated rings. The zero-order chi connectivity index (χ0) is 27.7. The molecule has 2 atom stereocenters. The van der Waals surface area contributed by atoms with E-state index in [1.165, 1.54) is 44.6 Å². The highest BCUT2D eigenvalue weighted by atomic mass is 19.4. The number of alkyl halides is 3. The average molecular weight is 547 g/mol. The lowest BCUT2D eigenvalue weighted by molar-refractivity contribution is -0.151. The molecule has 1 N–H and O–H groups in total. The van der Waals surface area contributed by atoms with Crippen LogP contribution in [0.25, 0.3) is 11.3 Å². The predicted octanol–water partition coefficient (Wildman–Crippen LogP) is 5.59. The van der Waals surface area contributed by atoms with E-state index in [2.05, 4.69) is 10.3 Å². The van der Waals surface area contributed by atoms with E-state index in [9.17, 15) is 22.4 Å². The molecule has 3 aromatic rings. The first-order valence-corrected chi connectivity index (χ1v) is 12.3. The van der Waals surface area contributed by atoms with Crippen molar-refractivity contribution >= 4 is 5.91 Å². The fraction of sp³-hybridized carbons (Fsp3) is 0.357. The van der Waals surface area contributed by atoms with Crippen molar-refractivity contribution in [2.75, 3.05) is 27.4 Å². The average Bonchev–Trinajstić information content (AvgIpc) is 3.62. The fourth-order valence-corrected chi connectivity index (χ4v) is 4.35. The van der Waals surface area contributed by atoms with Crippen LogP contribution in [0.5, 0.6) is 17.2 Å². The number of carbonyl (C=O) groups excluding carboxylic acids is 1. The van der Waals surface area contributed by atoms with Gasteiger partial charge in [0.25, 0.3) is 5.91 Å². The number of methoxy groups -OCH3 is 2. The van der Waals surface area contributed by atoms with Gasteiger partial charge in [-0.3, -0.25) is 4.79 Å². The summed E-state index contributed by atoms with van der Waals surface area (Å²) in [5.41, 5.74) is 0.914. The summed E-state index contributed by atoms with van der Waals surface area (Å²) < 4.78 is 77.0. The normalized spacial score (nSPS) is 17.2. The summed E-state index contributed by atoms with van der Waals surface area (Å²) in [6, 6.07) is 11.3. The first kappa shape index (κ1) is 26.7. The van der Waals surface area contributed by atoms with E-state index in [0.29, 0.717) is 22.6 Å². The summed E-state index contributed by atoms with van der Waals surface area (Å²) in [6.07, 6.45) is -3.33. The van der Waals surface area contributed by atoms with Crippen LogP contribution >= 0.6 is 0 Å². The monoisotopic (exact) mass is 546 g/mol. The summed E-state index contributed by atoms with van der Waals surface area (Å²) in [4.78, 5) is 17.4. The number of rotatable bonds is 9. The number of fused-ring (bicyclic) bond motifs is 1. The Balaban J connectivity index is 1.40. The molecule has 1 aliphatic heterocycles. The number of ether oxygens (including phenoxy) is 4. The second-order valence-electron chi connectivity index (χ2n) is 9.34. The Kier molecular flexibility index (Phi) is 7.35. The maximum atomic E-state index is 13.8. The molecule has 206 valence electrons. The molecule has 5 rings (SSSR count). The summed E-state index contributed by atoms with van der Waals surface area (Å²) in [5, 5.41) is 2.74. The number of halogens is 4. The van der Waals surface area contributed by atoms with E-state index in [1.807, 2.05) is 0 Å². The van der Waals surface area contributed by atoms with Crippen molar-refractivity contribution in [3.05, 3.63) is 71.2 Å². The summed E-state index contributed by atoms with van der Waals surface area (Å²) in [6.45, 7) is -0.668. The van der Waals surface area contributed by atoms with Gasteiger partial charge in [-0.15, -0.1) is 0 Å². The number of aromatic nitrogens is 1. The standard InChI is InChI=1S/C28H26F4N2O5/c1-36-23-11-16(5-10-22(23)39-18-8-9-18)27(35)33-13-24(37-2)21-12-19-20(28(30,31)32)14-38-26(19)25(34-21)15-3-6-17(29)7-4-15/h3-7,10-12,18,20,24H,8-9,13-14H2,1-2H3,(H,33,35)/t20-,24-/m1/s1. The predicted molar refractivity (Wildman–Crippen MR) is 133 cm³/mol. The second-order valence-corrected chi connectivity index (χ2v) is 9.34. The number of amides is 1. The molecule has 0 spiro atoms. The largest absolute Gasteiger partial charge is 0.493 e. The number of benzene rings is 2. The van der Waals surface area contributed by atoms with Gasteiger partial charge in [-0.05, 0) is 61.4 Å². The minimum absolute atomic E-state index is 0.00725. The molecular weight excluding hydrogens is 520 g/mol. The first-order valence-electron chi connectivity index (χ1n) is 12.3. The molecule has 1 amide bonds. The SMILES string of the molecule is COc1cc(C(=O)NC[C@@H](OC)c2cc3c(c(-c4ccc(F)cc4)n2)OC[C@H]3C(F)(F)F)ccc1OC1CC1. The number of carbonyl (C=O) groups is 1. The van der Waals surface area contributed by atoms with Crippen LogP contribution in [-0.4, -0.2) is 50.5 Å². The van der Waals surface area contributed by atoms with Gasteiger partial charge >= 0.3 is 6.18 Å². The van der Waals surface area contributed by atoms with Crippen LogP contribution < -0.4 is 19.5 Å². The van der Waals surface area contributed by atoms with E-state index in [4.69, 9.17) is 18.9 Å². The summed E-state index contributed by atoms with van der Waals surface area (Å²) in [5.74, 6) is -1.84. The number of pyridine rings is 1. The second kappa shape index (κ2) is 10.7. The molecule has 2 aliphatic rings.